The number of halogens is 1. The molecule has 0 aliphatic heterocycles. The van der Waals surface area contributed by atoms with Crippen LogP contribution >= 0.6 is 11.1 Å². The van der Waals surface area contributed by atoms with Crippen molar-refractivity contribution in [3.05, 3.63) is 73.3 Å². The Morgan fingerprint density at radius 2 is 1.35 bits per heavy atom. The van der Waals surface area contributed by atoms with Crippen molar-refractivity contribution in [3.63, 3.8) is 0 Å². The first-order chi connectivity index (χ1) is 9.48. The third kappa shape index (κ3) is 3.21. The molecule has 0 aliphatic carbocycles. The zero-order chi connectivity index (χ0) is 14.6. The maximum Gasteiger partial charge on any atom is 0.356 e. The van der Waals surface area contributed by atoms with Crippen LogP contribution in [0.4, 0.5) is 0 Å². The van der Waals surface area contributed by atoms with Gasteiger partial charge in [-0.2, -0.15) is 0 Å². The lowest BCUT2D eigenvalue weighted by molar-refractivity contribution is 0.165. The van der Waals surface area contributed by atoms with Crippen LogP contribution in [0.2, 0.25) is 0 Å². The fraction of sp³-hybridized carbons (Fsp3) is 0.176. The van der Waals surface area contributed by atoms with Crippen LogP contribution in [0.25, 0.3) is 0 Å². The lowest BCUT2D eigenvalue weighted by Gasteiger charge is -2.33. The van der Waals surface area contributed by atoms with Crippen molar-refractivity contribution >= 4 is 29.1 Å². The van der Waals surface area contributed by atoms with E-state index in [0.717, 1.165) is 10.4 Å². The van der Waals surface area contributed by atoms with Gasteiger partial charge < -0.3 is 4.43 Å². The molecule has 1 nitrogen and oxygen atoms in total. The molecule has 0 aromatic heterocycles. The molecule has 0 unspecified atom stereocenters. The van der Waals surface area contributed by atoms with Gasteiger partial charge in [-0.3, -0.25) is 0 Å². The maximum atomic E-state index is 7.02. The second kappa shape index (κ2) is 5.96. The van der Waals surface area contributed by atoms with Crippen molar-refractivity contribution in [1.29, 1.82) is 0 Å². The van der Waals surface area contributed by atoms with Crippen LogP contribution in [0.15, 0.2) is 73.3 Å². The molecule has 0 amide bonds. The Morgan fingerprint density at radius 3 is 1.70 bits per heavy atom. The van der Waals surface area contributed by atoms with Crippen LogP contribution < -0.4 is 10.4 Å². The molecule has 0 bridgehead atoms. The Morgan fingerprint density at radius 1 is 0.950 bits per heavy atom. The van der Waals surface area contributed by atoms with Gasteiger partial charge in [0, 0.05) is 0 Å². The van der Waals surface area contributed by atoms with Crippen molar-refractivity contribution < 1.29 is 4.43 Å². The quantitative estimate of drug-likeness (QED) is 0.467. The van der Waals surface area contributed by atoms with Crippen molar-refractivity contribution in [1.82, 2.24) is 0 Å². The minimum atomic E-state index is -2.76. The van der Waals surface area contributed by atoms with E-state index in [1.165, 1.54) is 0 Å². The lowest BCUT2D eigenvalue weighted by Crippen LogP contribution is -2.59. The minimum absolute atomic E-state index is 0.473. The summed E-state index contributed by atoms with van der Waals surface area (Å²) in [6.45, 7) is 7.81. The van der Waals surface area contributed by atoms with Crippen molar-refractivity contribution in [2.45, 2.75) is 19.4 Å². The second-order valence-electron chi connectivity index (χ2n) is 5.24. The molecule has 0 fully saturated rings. The van der Waals surface area contributed by atoms with Gasteiger partial charge >= 0.3 is 7.63 Å². The summed E-state index contributed by atoms with van der Waals surface area (Å²) in [6.07, 6.45) is 1.79. The molecule has 0 heterocycles. The van der Waals surface area contributed by atoms with Gasteiger partial charge in [-0.05, 0) is 24.2 Å². The molecule has 0 saturated heterocycles. The Labute approximate surface area is 126 Å². The third-order valence-electron chi connectivity index (χ3n) is 3.19. The van der Waals surface area contributed by atoms with Crippen LogP contribution in [0.1, 0.15) is 13.8 Å². The van der Waals surface area contributed by atoms with Crippen LogP contribution in [0.5, 0.6) is 0 Å². The van der Waals surface area contributed by atoms with Crippen molar-refractivity contribution in [2.24, 2.45) is 0 Å². The normalized spacial score (nSPS) is 12.2. The average Bonchev–Trinajstić information content (AvgIpc) is 2.48. The summed E-state index contributed by atoms with van der Waals surface area (Å²) in [5, 5.41) is 2.09. The highest BCUT2D eigenvalue weighted by Gasteiger charge is 2.41. The van der Waals surface area contributed by atoms with Gasteiger partial charge in [-0.1, -0.05) is 66.7 Å². The highest BCUT2D eigenvalue weighted by molar-refractivity contribution is 7.30. The molecule has 0 saturated carbocycles. The Balaban J connectivity index is 2.52. The van der Waals surface area contributed by atoms with Crippen LogP contribution in [0.3, 0.4) is 0 Å². The molecule has 0 N–H and O–H groups in total. The molecular weight excluding hydrogens is 284 g/mol. The first-order valence-electron chi connectivity index (χ1n) is 6.62. The predicted molar refractivity (Wildman–Crippen MR) is 89.1 cm³/mol. The van der Waals surface area contributed by atoms with Gasteiger partial charge in [0.05, 0.1) is 5.60 Å². The van der Waals surface area contributed by atoms with E-state index in [1.54, 1.807) is 6.08 Å². The Kier molecular flexibility index (Phi) is 4.48. The smallest absolute Gasteiger partial charge is 0.356 e. The Bertz CT molecular complexity index is 527. The van der Waals surface area contributed by atoms with E-state index in [-0.39, 0.29) is 0 Å². The molecule has 2 rings (SSSR count). The van der Waals surface area contributed by atoms with E-state index in [1.807, 2.05) is 74.5 Å². The number of benzene rings is 2. The van der Waals surface area contributed by atoms with E-state index in [4.69, 9.17) is 15.5 Å². The number of hydrogen-bond donors (Lipinski definition) is 0. The van der Waals surface area contributed by atoms with Gasteiger partial charge in [0.25, 0.3) is 0 Å². The average molecular weight is 303 g/mol. The van der Waals surface area contributed by atoms with E-state index < -0.39 is 13.2 Å². The lowest BCUT2D eigenvalue weighted by atomic mass is 10.1. The number of hydrogen-bond acceptors (Lipinski definition) is 1. The van der Waals surface area contributed by atoms with Gasteiger partial charge in [0.15, 0.2) is 0 Å². The fourth-order valence-electron chi connectivity index (χ4n) is 1.99. The highest BCUT2D eigenvalue weighted by atomic mass is 35.6. The molecule has 0 radical (unpaired) electrons. The summed E-state index contributed by atoms with van der Waals surface area (Å²) < 4.78 is 6.33. The zero-order valence-electron chi connectivity index (χ0n) is 11.8. The summed E-state index contributed by atoms with van der Waals surface area (Å²) in [4.78, 5) is 0. The molecule has 3 heteroatoms. The Hall–Kier alpha value is -1.35. The van der Waals surface area contributed by atoms with Gasteiger partial charge in [0.1, 0.15) is 0 Å². The predicted octanol–water partition coefficient (Wildman–Crippen LogP) is 3.46. The van der Waals surface area contributed by atoms with Crippen LogP contribution in [-0.2, 0) is 4.43 Å². The van der Waals surface area contributed by atoms with Gasteiger partial charge in [-0.15, -0.1) is 17.7 Å². The van der Waals surface area contributed by atoms with Crippen molar-refractivity contribution in [2.75, 3.05) is 0 Å². The summed E-state index contributed by atoms with van der Waals surface area (Å²) in [5.74, 6) is 0. The summed E-state index contributed by atoms with van der Waals surface area (Å²) >= 11 is 7.02. The van der Waals surface area contributed by atoms with Crippen LogP contribution in [0, 0.1) is 0 Å². The zero-order valence-corrected chi connectivity index (χ0v) is 13.6. The molecule has 104 valence electrons. The largest absolute Gasteiger partial charge is 0.388 e. The van der Waals surface area contributed by atoms with Crippen LogP contribution in [-0.4, -0.2) is 13.2 Å². The molecule has 0 atom stereocenters. The van der Waals surface area contributed by atoms with E-state index >= 15 is 0 Å². The summed E-state index contributed by atoms with van der Waals surface area (Å²) in [6, 6.07) is 20.1. The van der Waals surface area contributed by atoms with E-state index in [0.29, 0.717) is 0 Å². The molecule has 2 aromatic carbocycles. The number of rotatable bonds is 5. The first-order valence-corrected chi connectivity index (χ1v) is 9.54. The monoisotopic (exact) mass is 302 g/mol. The summed E-state index contributed by atoms with van der Waals surface area (Å²) in [5.41, 5.74) is -0.473. The maximum absolute atomic E-state index is 7.02. The second-order valence-corrected chi connectivity index (χ2v) is 9.38. The van der Waals surface area contributed by atoms with E-state index in [9.17, 15) is 0 Å². The van der Waals surface area contributed by atoms with E-state index in [2.05, 4.69) is 6.58 Å². The molecule has 0 spiro atoms. The first kappa shape index (κ1) is 15.0. The molecule has 2 aromatic rings. The fourth-order valence-corrected chi connectivity index (χ4v) is 5.97. The standard InChI is InChI=1S/C17H19ClOSi/c1-4-17(2,3)19-20(18,15-11-7-5-8-12-15)16-13-9-6-10-14-16/h4-14H,1H2,2-3H3. The van der Waals surface area contributed by atoms with Crippen molar-refractivity contribution in [3.8, 4) is 0 Å². The highest BCUT2D eigenvalue weighted by Crippen LogP contribution is 2.22. The molecule has 0 aliphatic rings. The summed E-state index contributed by atoms with van der Waals surface area (Å²) in [7, 11) is -2.76. The molecular formula is C17H19ClOSi. The topological polar surface area (TPSA) is 9.23 Å². The van der Waals surface area contributed by atoms with Gasteiger partial charge in [0.2, 0.25) is 0 Å². The third-order valence-corrected chi connectivity index (χ3v) is 7.69. The minimum Gasteiger partial charge on any atom is -0.388 e. The SMILES string of the molecule is C=CC(C)(C)O[Si](Cl)(c1ccccc1)c1ccccc1. The molecule has 20 heavy (non-hydrogen) atoms. The van der Waals surface area contributed by atoms with Gasteiger partial charge in [-0.25, -0.2) is 0 Å².